The molecule has 1 aliphatic heterocycles. The van der Waals surface area contributed by atoms with Crippen LogP contribution in [0.4, 0.5) is 13.2 Å². The molecule has 0 radical (unpaired) electrons. The third kappa shape index (κ3) is 6.93. The molecule has 1 aliphatic rings. The number of rotatable bonds is 4. The monoisotopic (exact) mass is 373 g/mol. The second kappa shape index (κ2) is 9.95. The van der Waals surface area contributed by atoms with Gasteiger partial charge in [0.25, 0.3) is 5.91 Å². The molecule has 1 unspecified atom stereocenters. The summed E-state index contributed by atoms with van der Waals surface area (Å²) in [5, 5.41) is 6.01. The minimum absolute atomic E-state index is 0. The molecule has 2 N–H and O–H groups in total. The fraction of sp³-hybridized carbons (Fsp3) is 0.571. The number of pyridine rings is 1. The Balaban J connectivity index is 0.00000242. The van der Waals surface area contributed by atoms with Crippen molar-refractivity contribution in [3.05, 3.63) is 29.6 Å². The molecule has 4 nitrogen and oxygen atoms in total. The molecular formula is C14H20Cl2F3N3O. The average Bonchev–Trinajstić information content (AvgIpc) is 2.47. The zero-order chi connectivity index (χ0) is 15.3. The highest BCUT2D eigenvalue weighted by atomic mass is 35.5. The second-order valence-corrected chi connectivity index (χ2v) is 5.19. The topological polar surface area (TPSA) is 54.0 Å². The van der Waals surface area contributed by atoms with E-state index in [9.17, 15) is 18.0 Å². The van der Waals surface area contributed by atoms with E-state index < -0.39 is 11.9 Å². The van der Waals surface area contributed by atoms with Crippen LogP contribution in [0.1, 0.15) is 35.3 Å². The van der Waals surface area contributed by atoms with Crippen molar-refractivity contribution in [2.24, 2.45) is 5.92 Å². The zero-order valence-corrected chi connectivity index (χ0v) is 14.0. The van der Waals surface area contributed by atoms with Crippen molar-refractivity contribution in [3.8, 4) is 0 Å². The standard InChI is InChI=1S/C14H18F3N3O.2ClH/c15-14(16,17)12-4-3-11(9-20-12)13(21)19-7-5-10-2-1-6-18-8-10;;/h3-4,9-10,18H,1-2,5-8H2,(H,19,21);2*1H. The largest absolute Gasteiger partial charge is 0.433 e. The van der Waals surface area contributed by atoms with Gasteiger partial charge in [-0.3, -0.25) is 9.78 Å². The zero-order valence-electron chi connectivity index (χ0n) is 12.4. The van der Waals surface area contributed by atoms with Crippen molar-refractivity contribution in [3.63, 3.8) is 0 Å². The maximum absolute atomic E-state index is 12.4. The number of carbonyl (C=O) groups excluding carboxylic acids is 1. The molecule has 1 amide bonds. The van der Waals surface area contributed by atoms with Crippen LogP contribution in [0.5, 0.6) is 0 Å². The lowest BCUT2D eigenvalue weighted by molar-refractivity contribution is -0.141. The first-order valence-electron chi connectivity index (χ1n) is 6.99. The van der Waals surface area contributed by atoms with Gasteiger partial charge in [0.2, 0.25) is 0 Å². The minimum Gasteiger partial charge on any atom is -0.352 e. The van der Waals surface area contributed by atoms with Gasteiger partial charge in [0.1, 0.15) is 5.69 Å². The van der Waals surface area contributed by atoms with Crippen LogP contribution in [0, 0.1) is 5.92 Å². The third-order valence-corrected chi connectivity index (χ3v) is 3.55. The summed E-state index contributed by atoms with van der Waals surface area (Å²) in [6.45, 7) is 2.52. The van der Waals surface area contributed by atoms with E-state index in [1.807, 2.05) is 0 Å². The molecule has 23 heavy (non-hydrogen) atoms. The number of hydrogen-bond donors (Lipinski definition) is 2. The van der Waals surface area contributed by atoms with Gasteiger partial charge in [-0.1, -0.05) is 0 Å². The molecule has 9 heteroatoms. The number of carbonyl (C=O) groups is 1. The lowest BCUT2D eigenvalue weighted by Gasteiger charge is -2.22. The number of nitrogens with zero attached hydrogens (tertiary/aromatic N) is 1. The van der Waals surface area contributed by atoms with Gasteiger partial charge in [0.05, 0.1) is 5.56 Å². The first kappa shape index (κ1) is 21.9. The normalized spacial score (nSPS) is 17.6. The van der Waals surface area contributed by atoms with Crippen LogP contribution in [0.3, 0.4) is 0 Å². The molecule has 0 aliphatic carbocycles. The minimum atomic E-state index is -4.48. The van der Waals surface area contributed by atoms with Crippen molar-refractivity contribution in [2.45, 2.75) is 25.4 Å². The van der Waals surface area contributed by atoms with Gasteiger partial charge in [-0.25, -0.2) is 0 Å². The van der Waals surface area contributed by atoms with Gasteiger partial charge in [-0.05, 0) is 50.4 Å². The number of alkyl halides is 3. The molecule has 2 heterocycles. The number of amides is 1. The van der Waals surface area contributed by atoms with Crippen LogP contribution in [0.15, 0.2) is 18.3 Å². The molecule has 1 aromatic heterocycles. The first-order chi connectivity index (χ1) is 9.97. The fourth-order valence-electron chi connectivity index (χ4n) is 2.36. The molecule has 0 saturated carbocycles. The van der Waals surface area contributed by atoms with Gasteiger partial charge < -0.3 is 10.6 Å². The summed E-state index contributed by atoms with van der Waals surface area (Å²) >= 11 is 0. The van der Waals surface area contributed by atoms with Gasteiger partial charge >= 0.3 is 6.18 Å². The Labute approximate surface area is 145 Å². The quantitative estimate of drug-likeness (QED) is 0.852. The summed E-state index contributed by atoms with van der Waals surface area (Å²) in [5.74, 6) is 0.157. The van der Waals surface area contributed by atoms with E-state index in [-0.39, 0.29) is 36.3 Å². The molecule has 0 aromatic carbocycles. The van der Waals surface area contributed by atoms with E-state index in [1.165, 1.54) is 0 Å². The smallest absolute Gasteiger partial charge is 0.352 e. The average molecular weight is 374 g/mol. The van der Waals surface area contributed by atoms with E-state index in [0.717, 1.165) is 50.7 Å². The SMILES string of the molecule is Cl.Cl.O=C(NCCC1CCCNC1)c1ccc(C(F)(F)F)nc1. The van der Waals surface area contributed by atoms with Crippen LogP contribution in [0.2, 0.25) is 0 Å². The molecule has 0 spiro atoms. The Kier molecular flexibility index (Phi) is 9.49. The van der Waals surface area contributed by atoms with Crippen LogP contribution in [0.25, 0.3) is 0 Å². The summed E-state index contributed by atoms with van der Waals surface area (Å²) in [7, 11) is 0. The summed E-state index contributed by atoms with van der Waals surface area (Å²) in [6.07, 6.45) is -0.373. The Morgan fingerprint density at radius 3 is 2.61 bits per heavy atom. The molecule has 1 saturated heterocycles. The van der Waals surface area contributed by atoms with Crippen LogP contribution >= 0.6 is 24.8 Å². The van der Waals surface area contributed by atoms with Crippen molar-refractivity contribution in [1.29, 1.82) is 0 Å². The number of aromatic nitrogens is 1. The Hall–Kier alpha value is -1.05. The van der Waals surface area contributed by atoms with Crippen LogP contribution < -0.4 is 10.6 Å². The molecular weight excluding hydrogens is 354 g/mol. The maximum atomic E-state index is 12.4. The molecule has 1 atom stereocenters. The van der Waals surface area contributed by atoms with Gasteiger partial charge in [-0.15, -0.1) is 24.8 Å². The number of nitrogens with one attached hydrogen (secondary N) is 2. The predicted molar refractivity (Wildman–Crippen MR) is 86.3 cm³/mol. The Bertz CT molecular complexity index is 477. The molecule has 1 fully saturated rings. The number of piperidine rings is 1. The van der Waals surface area contributed by atoms with E-state index in [0.29, 0.717) is 12.5 Å². The molecule has 0 bridgehead atoms. The summed E-state index contributed by atoms with van der Waals surface area (Å²) < 4.78 is 37.1. The number of hydrogen-bond acceptors (Lipinski definition) is 3. The Morgan fingerprint density at radius 2 is 2.09 bits per heavy atom. The van der Waals surface area contributed by atoms with Crippen LogP contribution in [-0.2, 0) is 6.18 Å². The summed E-state index contributed by atoms with van der Waals surface area (Å²) in [5.41, 5.74) is -0.850. The van der Waals surface area contributed by atoms with Gasteiger partial charge in [-0.2, -0.15) is 13.2 Å². The van der Waals surface area contributed by atoms with Crippen molar-refractivity contribution < 1.29 is 18.0 Å². The van der Waals surface area contributed by atoms with Gasteiger partial charge in [0, 0.05) is 12.7 Å². The molecule has 132 valence electrons. The van der Waals surface area contributed by atoms with E-state index >= 15 is 0 Å². The maximum Gasteiger partial charge on any atom is 0.433 e. The van der Waals surface area contributed by atoms with Crippen molar-refractivity contribution in [2.75, 3.05) is 19.6 Å². The highest BCUT2D eigenvalue weighted by Crippen LogP contribution is 2.27. The predicted octanol–water partition coefficient (Wildman–Crippen LogP) is 3.06. The lowest BCUT2D eigenvalue weighted by Crippen LogP contribution is -2.33. The van der Waals surface area contributed by atoms with E-state index in [1.54, 1.807) is 0 Å². The van der Waals surface area contributed by atoms with Crippen molar-refractivity contribution >= 4 is 30.7 Å². The Morgan fingerprint density at radius 1 is 1.35 bits per heavy atom. The van der Waals surface area contributed by atoms with Crippen LogP contribution in [-0.4, -0.2) is 30.5 Å². The van der Waals surface area contributed by atoms with E-state index in [4.69, 9.17) is 0 Å². The van der Waals surface area contributed by atoms with Crippen molar-refractivity contribution in [1.82, 2.24) is 15.6 Å². The number of halogens is 5. The second-order valence-electron chi connectivity index (χ2n) is 5.19. The molecule has 1 aromatic rings. The summed E-state index contributed by atoms with van der Waals surface area (Å²) in [6, 6.07) is 1.97. The lowest BCUT2D eigenvalue weighted by atomic mass is 9.96. The fourth-order valence-corrected chi connectivity index (χ4v) is 2.36. The highest BCUT2D eigenvalue weighted by molar-refractivity contribution is 5.93. The summed E-state index contributed by atoms with van der Waals surface area (Å²) in [4.78, 5) is 15.1. The first-order valence-corrected chi connectivity index (χ1v) is 6.99. The highest BCUT2D eigenvalue weighted by Gasteiger charge is 2.32. The third-order valence-electron chi connectivity index (χ3n) is 3.55. The van der Waals surface area contributed by atoms with E-state index in [2.05, 4.69) is 15.6 Å². The van der Waals surface area contributed by atoms with Gasteiger partial charge in [0.15, 0.2) is 0 Å². The molecule has 2 rings (SSSR count).